The van der Waals surface area contributed by atoms with Crippen LogP contribution in [0.1, 0.15) is 30.0 Å². The number of carbonyl (C=O) groups excluding carboxylic acids is 1. The maximum Gasteiger partial charge on any atom is 0.315 e. The van der Waals surface area contributed by atoms with Crippen LogP contribution >= 0.6 is 11.8 Å². The maximum atomic E-state index is 11.8. The Morgan fingerprint density at radius 2 is 1.88 bits per heavy atom. The van der Waals surface area contributed by atoms with E-state index in [0.29, 0.717) is 25.6 Å². The van der Waals surface area contributed by atoms with Crippen molar-refractivity contribution in [2.75, 3.05) is 18.9 Å². The average molecular weight is 374 g/mol. The number of carbonyl (C=O) groups is 1. The number of ether oxygens (including phenoxy) is 1. The van der Waals surface area contributed by atoms with Gasteiger partial charge in [0.05, 0.1) is 6.61 Å². The van der Waals surface area contributed by atoms with Gasteiger partial charge in [-0.1, -0.05) is 42.8 Å². The van der Waals surface area contributed by atoms with Crippen LogP contribution in [0.4, 0.5) is 4.79 Å². The third-order valence-electron chi connectivity index (χ3n) is 3.63. The predicted octanol–water partition coefficient (Wildman–Crippen LogP) is 3.91. The standard InChI is InChI=1S/C20H27N3O2S/c1-3-11-25-19-9-8-18(13-22-19)14-23-20(24)21-10-12-26-15-17-6-4-16(2)5-7-17/h4-9,13H,3,10-12,14-15H2,1-2H3,(H2,21,23,24). The van der Waals surface area contributed by atoms with Crippen molar-refractivity contribution in [1.29, 1.82) is 0 Å². The lowest BCUT2D eigenvalue weighted by Gasteiger charge is -2.08. The van der Waals surface area contributed by atoms with Gasteiger partial charge in [0.2, 0.25) is 5.88 Å². The summed E-state index contributed by atoms with van der Waals surface area (Å²) < 4.78 is 5.44. The van der Waals surface area contributed by atoms with Crippen LogP contribution in [-0.2, 0) is 12.3 Å². The molecule has 2 amide bonds. The molecule has 0 atom stereocenters. The zero-order valence-corrected chi connectivity index (χ0v) is 16.3. The first-order valence-electron chi connectivity index (χ1n) is 8.90. The van der Waals surface area contributed by atoms with Crippen molar-refractivity contribution in [3.05, 3.63) is 59.3 Å². The third-order valence-corrected chi connectivity index (χ3v) is 4.66. The van der Waals surface area contributed by atoms with Crippen LogP contribution in [-0.4, -0.2) is 29.9 Å². The van der Waals surface area contributed by atoms with E-state index in [4.69, 9.17) is 4.74 Å². The second kappa shape index (κ2) is 11.4. The minimum Gasteiger partial charge on any atom is -0.478 e. The van der Waals surface area contributed by atoms with Gasteiger partial charge < -0.3 is 15.4 Å². The highest BCUT2D eigenvalue weighted by Gasteiger charge is 2.02. The van der Waals surface area contributed by atoms with Crippen molar-refractivity contribution in [3.8, 4) is 5.88 Å². The Labute approximate surface area is 159 Å². The van der Waals surface area contributed by atoms with Gasteiger partial charge in [0, 0.05) is 36.9 Å². The van der Waals surface area contributed by atoms with Gasteiger partial charge in [0.25, 0.3) is 0 Å². The lowest BCUT2D eigenvalue weighted by atomic mass is 10.2. The molecule has 0 radical (unpaired) electrons. The molecule has 2 aromatic rings. The molecule has 0 saturated carbocycles. The number of hydrogen-bond acceptors (Lipinski definition) is 4. The van der Waals surface area contributed by atoms with E-state index in [9.17, 15) is 4.79 Å². The highest BCUT2D eigenvalue weighted by molar-refractivity contribution is 7.98. The number of nitrogens with one attached hydrogen (secondary N) is 2. The first kappa shape index (κ1) is 20.1. The molecule has 0 saturated heterocycles. The molecule has 0 aliphatic carbocycles. The third kappa shape index (κ3) is 7.78. The Hall–Kier alpha value is -2.21. The van der Waals surface area contributed by atoms with E-state index >= 15 is 0 Å². The molecule has 2 N–H and O–H groups in total. The monoisotopic (exact) mass is 373 g/mol. The van der Waals surface area contributed by atoms with E-state index < -0.39 is 0 Å². The summed E-state index contributed by atoms with van der Waals surface area (Å²) in [6, 6.07) is 12.1. The van der Waals surface area contributed by atoms with Crippen molar-refractivity contribution in [1.82, 2.24) is 15.6 Å². The maximum absolute atomic E-state index is 11.8. The molecule has 26 heavy (non-hydrogen) atoms. The van der Waals surface area contributed by atoms with Crippen molar-refractivity contribution < 1.29 is 9.53 Å². The quantitative estimate of drug-likeness (QED) is 0.620. The smallest absolute Gasteiger partial charge is 0.315 e. The second-order valence-corrected chi connectivity index (χ2v) is 7.11. The lowest BCUT2D eigenvalue weighted by molar-refractivity contribution is 0.241. The van der Waals surface area contributed by atoms with E-state index in [-0.39, 0.29) is 6.03 Å². The van der Waals surface area contributed by atoms with E-state index in [2.05, 4.69) is 53.7 Å². The summed E-state index contributed by atoms with van der Waals surface area (Å²) in [6.45, 7) is 5.89. The number of aromatic nitrogens is 1. The number of urea groups is 1. The minimum atomic E-state index is -0.160. The van der Waals surface area contributed by atoms with Gasteiger partial charge in [0.1, 0.15) is 0 Å². The Morgan fingerprint density at radius 3 is 2.58 bits per heavy atom. The number of nitrogens with zero attached hydrogens (tertiary/aromatic N) is 1. The normalized spacial score (nSPS) is 10.4. The van der Waals surface area contributed by atoms with E-state index in [1.807, 2.05) is 23.9 Å². The summed E-state index contributed by atoms with van der Waals surface area (Å²) in [4.78, 5) is 16.0. The predicted molar refractivity (Wildman–Crippen MR) is 108 cm³/mol. The zero-order chi connectivity index (χ0) is 18.6. The van der Waals surface area contributed by atoms with Gasteiger partial charge in [-0.05, 0) is 24.5 Å². The van der Waals surface area contributed by atoms with Crippen LogP contribution < -0.4 is 15.4 Å². The number of pyridine rings is 1. The molecule has 0 unspecified atom stereocenters. The first-order chi connectivity index (χ1) is 12.7. The molecule has 0 spiro atoms. The summed E-state index contributed by atoms with van der Waals surface area (Å²) in [7, 11) is 0. The number of aryl methyl sites for hydroxylation is 1. The van der Waals surface area contributed by atoms with Gasteiger partial charge >= 0.3 is 6.03 Å². The highest BCUT2D eigenvalue weighted by Crippen LogP contribution is 2.12. The molecule has 1 aromatic carbocycles. The fraction of sp³-hybridized carbons (Fsp3) is 0.400. The van der Waals surface area contributed by atoms with Crippen molar-refractivity contribution >= 4 is 17.8 Å². The lowest BCUT2D eigenvalue weighted by Crippen LogP contribution is -2.36. The fourth-order valence-corrected chi connectivity index (χ4v) is 2.98. The summed E-state index contributed by atoms with van der Waals surface area (Å²) in [6.07, 6.45) is 2.68. The molecule has 140 valence electrons. The van der Waals surface area contributed by atoms with Gasteiger partial charge in [-0.15, -0.1) is 0 Å². The van der Waals surface area contributed by atoms with E-state index in [1.54, 1.807) is 6.20 Å². The van der Waals surface area contributed by atoms with E-state index in [1.165, 1.54) is 11.1 Å². The summed E-state index contributed by atoms with van der Waals surface area (Å²) in [5.41, 5.74) is 3.53. The van der Waals surface area contributed by atoms with Crippen LogP contribution in [0.25, 0.3) is 0 Å². The fourth-order valence-electron chi connectivity index (χ4n) is 2.16. The number of thioether (sulfide) groups is 1. The molecule has 0 aliphatic rings. The van der Waals surface area contributed by atoms with Crippen molar-refractivity contribution in [2.24, 2.45) is 0 Å². The van der Waals surface area contributed by atoms with E-state index in [0.717, 1.165) is 23.5 Å². The zero-order valence-electron chi connectivity index (χ0n) is 15.5. The molecule has 2 rings (SSSR count). The molecular weight excluding hydrogens is 346 g/mol. The summed E-state index contributed by atoms with van der Waals surface area (Å²) in [5.74, 6) is 2.46. The SMILES string of the molecule is CCCOc1ccc(CNC(=O)NCCSCc2ccc(C)cc2)cn1. The Balaban J connectivity index is 1.56. The van der Waals surface area contributed by atoms with Crippen LogP contribution in [0, 0.1) is 6.92 Å². The molecule has 1 aromatic heterocycles. The summed E-state index contributed by atoms with van der Waals surface area (Å²) >= 11 is 1.81. The number of amides is 2. The van der Waals surface area contributed by atoms with Gasteiger partial charge in [-0.25, -0.2) is 9.78 Å². The van der Waals surface area contributed by atoms with Crippen molar-refractivity contribution in [3.63, 3.8) is 0 Å². The molecular formula is C20H27N3O2S. The first-order valence-corrected chi connectivity index (χ1v) is 10.1. The molecule has 0 aliphatic heterocycles. The highest BCUT2D eigenvalue weighted by atomic mass is 32.2. The Kier molecular flexibility index (Phi) is 8.83. The van der Waals surface area contributed by atoms with Gasteiger partial charge in [0.15, 0.2) is 0 Å². The molecule has 5 nitrogen and oxygen atoms in total. The van der Waals surface area contributed by atoms with Crippen LogP contribution in [0.5, 0.6) is 5.88 Å². The molecule has 0 bridgehead atoms. The Bertz CT molecular complexity index is 660. The number of hydrogen-bond donors (Lipinski definition) is 2. The van der Waals surface area contributed by atoms with Crippen molar-refractivity contribution in [2.45, 2.75) is 32.6 Å². The van der Waals surface area contributed by atoms with Gasteiger partial charge in [-0.3, -0.25) is 0 Å². The van der Waals surface area contributed by atoms with Crippen LogP contribution in [0.3, 0.4) is 0 Å². The van der Waals surface area contributed by atoms with Crippen LogP contribution in [0.15, 0.2) is 42.6 Å². The Morgan fingerprint density at radius 1 is 1.12 bits per heavy atom. The summed E-state index contributed by atoms with van der Waals surface area (Å²) in [5, 5.41) is 5.71. The number of benzene rings is 1. The average Bonchev–Trinajstić information content (AvgIpc) is 2.66. The second-order valence-electron chi connectivity index (χ2n) is 6.00. The number of rotatable bonds is 10. The minimum absolute atomic E-state index is 0.160. The molecule has 1 heterocycles. The van der Waals surface area contributed by atoms with Gasteiger partial charge in [-0.2, -0.15) is 11.8 Å². The molecule has 6 heteroatoms. The molecule has 0 fully saturated rings. The topological polar surface area (TPSA) is 63.2 Å². The van der Waals surface area contributed by atoms with Crippen LogP contribution in [0.2, 0.25) is 0 Å². The largest absolute Gasteiger partial charge is 0.478 e.